The summed E-state index contributed by atoms with van der Waals surface area (Å²) in [7, 11) is 1.31. The first-order valence-corrected chi connectivity index (χ1v) is 8.94. The van der Waals surface area contributed by atoms with Gasteiger partial charge in [-0.3, -0.25) is 14.2 Å². The fourth-order valence-electron chi connectivity index (χ4n) is 3.42. The Morgan fingerprint density at radius 1 is 1.25 bits per heavy atom. The number of carbonyl (C=O) groups is 1. The molecule has 1 fully saturated rings. The number of ether oxygens (including phenoxy) is 1. The van der Waals surface area contributed by atoms with Crippen LogP contribution in [0.25, 0.3) is 16.8 Å². The number of nitrogens with zero attached hydrogens (tertiary/aromatic N) is 5. The van der Waals surface area contributed by atoms with Gasteiger partial charge in [-0.15, -0.1) is 0 Å². The number of hydroxylamine groups is 1. The number of rotatable bonds is 4. The number of anilines is 2. The third-order valence-electron chi connectivity index (χ3n) is 4.74. The van der Waals surface area contributed by atoms with E-state index in [2.05, 4.69) is 14.3 Å². The standard InChI is InChI=1S/C19H21N5O4/c1-13-17-16(14-3-5-15(6-4-14)24(27-2)19(25)26)21-18(23(17)8-7-20-13)22-9-11-28-12-10-22/h3-8H,9-12H2,1-2H3,(H,25,26). The lowest BCUT2D eigenvalue weighted by molar-refractivity contribution is 0.122. The van der Waals surface area contributed by atoms with Gasteiger partial charge in [0.15, 0.2) is 0 Å². The molecule has 1 amide bonds. The van der Waals surface area contributed by atoms with Crippen molar-refractivity contribution < 1.29 is 19.5 Å². The number of aryl methyl sites for hydroxylation is 1. The maximum absolute atomic E-state index is 11.2. The van der Waals surface area contributed by atoms with Crippen molar-refractivity contribution in [3.05, 3.63) is 42.4 Å². The zero-order chi connectivity index (χ0) is 19.7. The van der Waals surface area contributed by atoms with Crippen molar-refractivity contribution in [2.75, 3.05) is 43.4 Å². The Balaban J connectivity index is 1.79. The van der Waals surface area contributed by atoms with Gasteiger partial charge in [-0.05, 0) is 19.1 Å². The molecule has 1 saturated heterocycles. The number of amides is 1. The molecule has 3 heterocycles. The average molecular weight is 383 g/mol. The third kappa shape index (κ3) is 3.14. The second kappa shape index (κ2) is 7.45. The van der Waals surface area contributed by atoms with Crippen LogP contribution < -0.4 is 9.96 Å². The van der Waals surface area contributed by atoms with E-state index >= 15 is 0 Å². The van der Waals surface area contributed by atoms with Crippen molar-refractivity contribution >= 4 is 23.2 Å². The SMILES string of the molecule is CON(C(=O)O)c1ccc(-c2nc(N3CCOCC3)n3ccnc(C)c23)cc1. The lowest BCUT2D eigenvalue weighted by Crippen LogP contribution is -2.37. The summed E-state index contributed by atoms with van der Waals surface area (Å²) in [5.41, 5.74) is 3.90. The Kier molecular flexibility index (Phi) is 4.84. The monoisotopic (exact) mass is 383 g/mol. The Hall–Kier alpha value is -3.17. The number of benzene rings is 1. The van der Waals surface area contributed by atoms with Crippen molar-refractivity contribution in [3.8, 4) is 11.3 Å². The van der Waals surface area contributed by atoms with Gasteiger partial charge in [0, 0.05) is 31.0 Å². The molecule has 0 radical (unpaired) electrons. The highest BCUT2D eigenvalue weighted by Gasteiger charge is 2.22. The van der Waals surface area contributed by atoms with E-state index in [0.717, 1.165) is 46.6 Å². The summed E-state index contributed by atoms with van der Waals surface area (Å²) >= 11 is 0. The zero-order valence-corrected chi connectivity index (χ0v) is 15.7. The predicted molar refractivity (Wildman–Crippen MR) is 104 cm³/mol. The normalized spacial score (nSPS) is 14.4. The summed E-state index contributed by atoms with van der Waals surface area (Å²) in [6.07, 6.45) is 2.50. The van der Waals surface area contributed by atoms with Crippen molar-refractivity contribution in [2.24, 2.45) is 0 Å². The van der Waals surface area contributed by atoms with Crippen molar-refractivity contribution in [1.29, 1.82) is 0 Å². The minimum absolute atomic E-state index is 0.422. The molecule has 146 valence electrons. The minimum atomic E-state index is -1.18. The number of hydrogen-bond donors (Lipinski definition) is 1. The molecular weight excluding hydrogens is 362 g/mol. The lowest BCUT2D eigenvalue weighted by atomic mass is 10.1. The van der Waals surface area contributed by atoms with Gasteiger partial charge in [0.25, 0.3) is 0 Å². The molecule has 0 atom stereocenters. The molecule has 1 aliphatic heterocycles. The molecule has 1 aliphatic rings. The molecule has 1 aromatic carbocycles. The van der Waals surface area contributed by atoms with Crippen LogP contribution in [-0.4, -0.2) is 59.0 Å². The molecule has 0 unspecified atom stereocenters. The van der Waals surface area contributed by atoms with Gasteiger partial charge in [-0.1, -0.05) is 12.1 Å². The predicted octanol–water partition coefficient (Wildman–Crippen LogP) is 2.59. The first-order valence-electron chi connectivity index (χ1n) is 8.94. The molecule has 2 aromatic heterocycles. The molecule has 4 rings (SSSR count). The summed E-state index contributed by atoms with van der Waals surface area (Å²) in [5.74, 6) is 0.854. The van der Waals surface area contributed by atoms with Gasteiger partial charge in [-0.2, -0.15) is 5.06 Å². The van der Waals surface area contributed by atoms with Gasteiger partial charge in [-0.25, -0.2) is 9.78 Å². The quantitative estimate of drug-likeness (QED) is 0.692. The van der Waals surface area contributed by atoms with Gasteiger partial charge in [0.2, 0.25) is 5.95 Å². The van der Waals surface area contributed by atoms with Crippen LogP contribution in [0.4, 0.5) is 16.4 Å². The van der Waals surface area contributed by atoms with Crippen LogP contribution in [0.15, 0.2) is 36.7 Å². The summed E-state index contributed by atoms with van der Waals surface area (Å²) < 4.78 is 7.51. The lowest BCUT2D eigenvalue weighted by Gasteiger charge is -2.27. The highest BCUT2D eigenvalue weighted by atomic mass is 16.7. The van der Waals surface area contributed by atoms with Crippen LogP contribution in [0.2, 0.25) is 0 Å². The Morgan fingerprint density at radius 3 is 2.61 bits per heavy atom. The molecule has 3 aromatic rings. The Labute approximate surface area is 161 Å². The summed E-state index contributed by atoms with van der Waals surface area (Å²) in [5, 5.41) is 10.0. The second-order valence-electron chi connectivity index (χ2n) is 6.40. The van der Waals surface area contributed by atoms with E-state index in [4.69, 9.17) is 14.6 Å². The largest absolute Gasteiger partial charge is 0.463 e. The van der Waals surface area contributed by atoms with Crippen LogP contribution in [0, 0.1) is 6.92 Å². The number of imidazole rings is 1. The van der Waals surface area contributed by atoms with E-state index in [-0.39, 0.29) is 0 Å². The van der Waals surface area contributed by atoms with E-state index in [1.54, 1.807) is 18.3 Å². The number of fused-ring (bicyclic) bond motifs is 1. The van der Waals surface area contributed by atoms with Crippen LogP contribution in [0.5, 0.6) is 0 Å². The van der Waals surface area contributed by atoms with Gasteiger partial charge in [0.05, 0.1) is 37.2 Å². The average Bonchev–Trinajstić information content (AvgIpc) is 3.10. The first kappa shape index (κ1) is 18.2. The molecule has 0 aliphatic carbocycles. The van der Waals surface area contributed by atoms with E-state index in [0.29, 0.717) is 18.9 Å². The molecule has 0 saturated carbocycles. The van der Waals surface area contributed by atoms with Crippen molar-refractivity contribution in [3.63, 3.8) is 0 Å². The van der Waals surface area contributed by atoms with Crippen LogP contribution >= 0.6 is 0 Å². The number of aromatic nitrogens is 3. The van der Waals surface area contributed by atoms with E-state index in [1.165, 1.54) is 7.11 Å². The minimum Gasteiger partial charge on any atom is -0.463 e. The highest BCUT2D eigenvalue weighted by Crippen LogP contribution is 2.31. The van der Waals surface area contributed by atoms with Gasteiger partial charge >= 0.3 is 6.09 Å². The van der Waals surface area contributed by atoms with Crippen LogP contribution in [0.1, 0.15) is 5.69 Å². The number of carboxylic acid groups (broad SMARTS) is 1. The molecule has 9 nitrogen and oxygen atoms in total. The first-order chi connectivity index (χ1) is 13.6. The number of morpholine rings is 1. The fraction of sp³-hybridized carbons (Fsp3) is 0.316. The van der Waals surface area contributed by atoms with E-state index in [9.17, 15) is 9.90 Å². The molecule has 0 bridgehead atoms. The second-order valence-corrected chi connectivity index (χ2v) is 6.40. The maximum Gasteiger partial charge on any atom is 0.436 e. The maximum atomic E-state index is 11.2. The van der Waals surface area contributed by atoms with Crippen LogP contribution in [-0.2, 0) is 9.57 Å². The Bertz CT molecular complexity index is 995. The molecule has 9 heteroatoms. The molecule has 0 spiro atoms. The zero-order valence-electron chi connectivity index (χ0n) is 15.7. The smallest absolute Gasteiger partial charge is 0.436 e. The fourth-order valence-corrected chi connectivity index (χ4v) is 3.42. The molecule has 28 heavy (non-hydrogen) atoms. The topological polar surface area (TPSA) is 92.4 Å². The highest BCUT2D eigenvalue weighted by molar-refractivity contribution is 5.86. The van der Waals surface area contributed by atoms with Crippen molar-refractivity contribution in [2.45, 2.75) is 6.92 Å². The van der Waals surface area contributed by atoms with Gasteiger partial charge in [0.1, 0.15) is 5.69 Å². The van der Waals surface area contributed by atoms with Crippen LogP contribution in [0.3, 0.4) is 0 Å². The molecule has 1 N–H and O–H groups in total. The summed E-state index contributed by atoms with van der Waals surface area (Å²) in [4.78, 5) is 27.7. The van der Waals surface area contributed by atoms with Crippen molar-refractivity contribution in [1.82, 2.24) is 14.4 Å². The van der Waals surface area contributed by atoms with E-state index < -0.39 is 6.09 Å². The Morgan fingerprint density at radius 2 is 1.96 bits per heavy atom. The number of hydrogen-bond acceptors (Lipinski definition) is 6. The molecular formula is C19H21N5O4. The summed E-state index contributed by atoms with van der Waals surface area (Å²) in [6.45, 7) is 4.85. The van der Waals surface area contributed by atoms with E-state index in [1.807, 2.05) is 25.3 Å². The summed E-state index contributed by atoms with van der Waals surface area (Å²) in [6, 6.07) is 7.06. The third-order valence-corrected chi connectivity index (χ3v) is 4.74. The van der Waals surface area contributed by atoms with Gasteiger partial charge < -0.3 is 14.7 Å².